The number of para-hydroxylation sites is 1. The molecule has 2 rings (SSSR count). The number of fused-ring (bicyclic) bond motifs is 1. The summed E-state index contributed by atoms with van der Waals surface area (Å²) in [7, 11) is 0. The molecule has 1 unspecified atom stereocenters. The van der Waals surface area contributed by atoms with Gasteiger partial charge in [0.05, 0.1) is 6.04 Å². The standard InChI is InChI=1S/C20H30N2O2.ClH/c1-14(2)19(22-18(23)12-6-4-5-9-13-21)20-15(3)16-10-7-8-11-17(16)24-20;/h7-8,10-11,14,19H,4-6,9,12-13,21H2,1-3H3,(H,22,23);1H. The second kappa shape index (κ2) is 10.5. The Bertz CT molecular complexity index is 667. The maximum Gasteiger partial charge on any atom is 0.220 e. The van der Waals surface area contributed by atoms with Crippen LogP contribution in [0.1, 0.15) is 63.3 Å². The minimum atomic E-state index is -0.0889. The maximum absolute atomic E-state index is 12.3. The van der Waals surface area contributed by atoms with Crippen LogP contribution in [-0.4, -0.2) is 12.5 Å². The zero-order chi connectivity index (χ0) is 17.5. The van der Waals surface area contributed by atoms with E-state index in [0.29, 0.717) is 6.42 Å². The summed E-state index contributed by atoms with van der Waals surface area (Å²) < 4.78 is 6.05. The minimum absolute atomic E-state index is 0. The molecule has 5 heteroatoms. The highest BCUT2D eigenvalue weighted by atomic mass is 35.5. The monoisotopic (exact) mass is 366 g/mol. The number of rotatable bonds is 9. The quantitative estimate of drug-likeness (QED) is 0.621. The van der Waals surface area contributed by atoms with Crippen LogP contribution in [0.5, 0.6) is 0 Å². The van der Waals surface area contributed by atoms with Gasteiger partial charge < -0.3 is 15.5 Å². The molecule has 0 saturated carbocycles. The first-order chi connectivity index (χ1) is 11.5. The SMILES string of the molecule is Cc1c(C(NC(=O)CCCCCCN)C(C)C)oc2ccccc12.Cl. The van der Waals surface area contributed by atoms with E-state index in [9.17, 15) is 4.79 Å². The number of aryl methyl sites for hydroxylation is 1. The fourth-order valence-electron chi connectivity index (χ4n) is 3.05. The van der Waals surface area contributed by atoms with Gasteiger partial charge in [-0.15, -0.1) is 12.4 Å². The molecule has 0 aliphatic carbocycles. The van der Waals surface area contributed by atoms with E-state index in [1.165, 1.54) is 0 Å². The Labute approximate surface area is 156 Å². The van der Waals surface area contributed by atoms with Crippen molar-refractivity contribution in [2.75, 3.05) is 6.54 Å². The highest BCUT2D eigenvalue weighted by molar-refractivity contribution is 5.85. The zero-order valence-electron chi connectivity index (χ0n) is 15.5. The van der Waals surface area contributed by atoms with Crippen LogP contribution in [0.25, 0.3) is 11.0 Å². The molecule has 1 amide bonds. The summed E-state index contributed by atoms with van der Waals surface area (Å²) in [6.45, 7) is 7.01. The molecule has 1 atom stereocenters. The molecule has 0 radical (unpaired) electrons. The van der Waals surface area contributed by atoms with Gasteiger partial charge in [0.1, 0.15) is 11.3 Å². The van der Waals surface area contributed by atoms with Gasteiger partial charge in [-0.25, -0.2) is 0 Å². The summed E-state index contributed by atoms with van der Waals surface area (Å²) in [6, 6.07) is 7.93. The number of halogens is 1. The molecule has 0 spiro atoms. The van der Waals surface area contributed by atoms with Crippen molar-refractivity contribution in [2.24, 2.45) is 11.7 Å². The third kappa shape index (κ3) is 5.75. The number of carbonyl (C=O) groups is 1. The molecule has 140 valence electrons. The third-order valence-electron chi connectivity index (χ3n) is 4.50. The van der Waals surface area contributed by atoms with Gasteiger partial charge in [-0.3, -0.25) is 4.79 Å². The van der Waals surface area contributed by atoms with Crippen molar-refractivity contribution in [3.63, 3.8) is 0 Å². The van der Waals surface area contributed by atoms with E-state index in [2.05, 4.69) is 32.2 Å². The van der Waals surface area contributed by atoms with Gasteiger partial charge in [-0.2, -0.15) is 0 Å². The van der Waals surface area contributed by atoms with Gasteiger partial charge in [-0.05, 0) is 38.3 Å². The summed E-state index contributed by atoms with van der Waals surface area (Å²) >= 11 is 0. The topological polar surface area (TPSA) is 68.3 Å². The van der Waals surface area contributed by atoms with Crippen LogP contribution in [0.4, 0.5) is 0 Å². The number of hydrogen-bond donors (Lipinski definition) is 2. The van der Waals surface area contributed by atoms with Crippen molar-refractivity contribution in [1.82, 2.24) is 5.32 Å². The van der Waals surface area contributed by atoms with E-state index < -0.39 is 0 Å². The van der Waals surface area contributed by atoms with Crippen LogP contribution in [-0.2, 0) is 4.79 Å². The molecular weight excluding hydrogens is 336 g/mol. The fourth-order valence-corrected chi connectivity index (χ4v) is 3.05. The Balaban J connectivity index is 0.00000312. The van der Waals surface area contributed by atoms with Gasteiger partial charge in [0.25, 0.3) is 0 Å². The highest BCUT2D eigenvalue weighted by Gasteiger charge is 2.24. The van der Waals surface area contributed by atoms with E-state index in [0.717, 1.165) is 54.5 Å². The molecule has 0 fully saturated rings. The Morgan fingerprint density at radius 2 is 1.84 bits per heavy atom. The normalized spacial score (nSPS) is 12.2. The van der Waals surface area contributed by atoms with E-state index >= 15 is 0 Å². The number of nitrogens with two attached hydrogens (primary N) is 1. The second-order valence-corrected chi connectivity index (χ2v) is 6.83. The van der Waals surface area contributed by atoms with Gasteiger partial charge in [0.15, 0.2) is 0 Å². The van der Waals surface area contributed by atoms with Gasteiger partial charge in [0.2, 0.25) is 5.91 Å². The molecule has 0 saturated heterocycles. The number of hydrogen-bond acceptors (Lipinski definition) is 3. The van der Waals surface area contributed by atoms with Gasteiger partial charge in [-0.1, -0.05) is 44.9 Å². The molecule has 0 aliphatic rings. The van der Waals surface area contributed by atoms with E-state index in [1.807, 2.05) is 18.2 Å². The molecule has 1 aromatic carbocycles. The molecule has 4 nitrogen and oxygen atoms in total. The van der Waals surface area contributed by atoms with Crippen molar-refractivity contribution in [1.29, 1.82) is 0 Å². The fraction of sp³-hybridized carbons (Fsp3) is 0.550. The Kier molecular flexibility index (Phi) is 9.01. The van der Waals surface area contributed by atoms with Crippen LogP contribution in [0.2, 0.25) is 0 Å². The average molecular weight is 367 g/mol. The van der Waals surface area contributed by atoms with Gasteiger partial charge >= 0.3 is 0 Å². The lowest BCUT2D eigenvalue weighted by molar-refractivity contribution is -0.122. The number of furan rings is 1. The van der Waals surface area contributed by atoms with Gasteiger partial charge in [0, 0.05) is 17.4 Å². The van der Waals surface area contributed by atoms with Crippen LogP contribution in [0.15, 0.2) is 28.7 Å². The molecule has 0 bridgehead atoms. The van der Waals surface area contributed by atoms with Crippen molar-refractivity contribution >= 4 is 29.3 Å². The van der Waals surface area contributed by atoms with E-state index in [1.54, 1.807) is 0 Å². The molecule has 3 N–H and O–H groups in total. The van der Waals surface area contributed by atoms with Crippen LogP contribution in [0, 0.1) is 12.8 Å². The van der Waals surface area contributed by atoms with E-state index in [-0.39, 0.29) is 30.3 Å². The third-order valence-corrected chi connectivity index (χ3v) is 4.50. The van der Waals surface area contributed by atoms with Crippen molar-refractivity contribution < 1.29 is 9.21 Å². The smallest absolute Gasteiger partial charge is 0.220 e. The van der Waals surface area contributed by atoms with Crippen molar-refractivity contribution in [3.05, 3.63) is 35.6 Å². The summed E-state index contributed by atoms with van der Waals surface area (Å²) in [5.74, 6) is 1.24. The summed E-state index contributed by atoms with van der Waals surface area (Å²) in [6.07, 6.45) is 4.66. The predicted octanol–water partition coefficient (Wildman–Crippen LogP) is 4.89. The molecule has 1 heterocycles. The summed E-state index contributed by atoms with van der Waals surface area (Å²) in [5, 5.41) is 4.29. The largest absolute Gasteiger partial charge is 0.459 e. The van der Waals surface area contributed by atoms with Crippen LogP contribution >= 0.6 is 12.4 Å². The van der Waals surface area contributed by atoms with Crippen molar-refractivity contribution in [2.45, 2.75) is 58.9 Å². The highest BCUT2D eigenvalue weighted by Crippen LogP contribution is 2.32. The number of nitrogens with one attached hydrogen (secondary N) is 1. The molecule has 1 aromatic heterocycles. The maximum atomic E-state index is 12.3. The average Bonchev–Trinajstić information content (AvgIpc) is 2.89. The molecule has 2 aromatic rings. The molecule has 25 heavy (non-hydrogen) atoms. The minimum Gasteiger partial charge on any atom is -0.459 e. The first-order valence-electron chi connectivity index (χ1n) is 9.02. The van der Waals surface area contributed by atoms with E-state index in [4.69, 9.17) is 10.2 Å². The first kappa shape index (κ1) is 21.5. The van der Waals surface area contributed by atoms with Crippen LogP contribution < -0.4 is 11.1 Å². The zero-order valence-corrected chi connectivity index (χ0v) is 16.3. The Hall–Kier alpha value is -1.52. The lowest BCUT2D eigenvalue weighted by atomic mass is 9.98. The lowest BCUT2D eigenvalue weighted by Gasteiger charge is -2.21. The summed E-state index contributed by atoms with van der Waals surface area (Å²) in [4.78, 5) is 12.3. The predicted molar refractivity (Wildman–Crippen MR) is 106 cm³/mol. The summed E-state index contributed by atoms with van der Waals surface area (Å²) in [5.41, 5.74) is 7.49. The second-order valence-electron chi connectivity index (χ2n) is 6.83. The van der Waals surface area contributed by atoms with Crippen LogP contribution in [0.3, 0.4) is 0 Å². The first-order valence-corrected chi connectivity index (χ1v) is 9.02. The lowest BCUT2D eigenvalue weighted by Crippen LogP contribution is -2.31. The molecule has 0 aliphatic heterocycles. The Morgan fingerprint density at radius 3 is 2.48 bits per heavy atom. The Morgan fingerprint density at radius 1 is 1.16 bits per heavy atom. The number of amides is 1. The van der Waals surface area contributed by atoms with Crippen molar-refractivity contribution in [3.8, 4) is 0 Å². The number of benzene rings is 1. The number of carbonyl (C=O) groups excluding carboxylic acids is 1. The molecular formula is C20H31ClN2O2. The number of unbranched alkanes of at least 4 members (excludes halogenated alkanes) is 3.